The molecule has 9 heteroatoms. The van der Waals surface area contributed by atoms with Crippen molar-refractivity contribution in [1.29, 1.82) is 5.26 Å². The van der Waals surface area contributed by atoms with Crippen LogP contribution in [0.25, 0.3) is 11.0 Å². The number of fused-ring (bicyclic) bond motifs is 1. The predicted octanol–water partition coefficient (Wildman–Crippen LogP) is 6.13. The SMILES string of the molecule is CCOc1cccc(Oc2nc3c(C#N)c(N4CCC[C@@H](CC)C4)n(Cc4ccccc4Cl)c3c(=O)n2C)c1. The van der Waals surface area contributed by atoms with Gasteiger partial charge in [0.05, 0.1) is 13.2 Å². The summed E-state index contributed by atoms with van der Waals surface area (Å²) in [5, 5.41) is 11.0. The summed E-state index contributed by atoms with van der Waals surface area (Å²) in [5.41, 5.74) is 1.63. The van der Waals surface area contributed by atoms with Crippen LogP contribution in [-0.4, -0.2) is 33.8 Å². The Bertz CT molecular complexity index is 1600. The molecule has 202 valence electrons. The Morgan fingerprint density at radius 1 is 1.15 bits per heavy atom. The fourth-order valence-electron chi connectivity index (χ4n) is 5.30. The first-order chi connectivity index (χ1) is 18.9. The Morgan fingerprint density at radius 3 is 2.69 bits per heavy atom. The quantitative estimate of drug-likeness (QED) is 0.265. The Labute approximate surface area is 233 Å². The van der Waals surface area contributed by atoms with Gasteiger partial charge in [0, 0.05) is 31.2 Å². The number of rotatable bonds is 8. The summed E-state index contributed by atoms with van der Waals surface area (Å²) >= 11 is 6.55. The van der Waals surface area contributed by atoms with E-state index in [0.29, 0.717) is 58.0 Å². The van der Waals surface area contributed by atoms with Crippen molar-refractivity contribution in [3.63, 3.8) is 0 Å². The largest absolute Gasteiger partial charge is 0.494 e. The summed E-state index contributed by atoms with van der Waals surface area (Å²) in [6.45, 7) is 6.59. The van der Waals surface area contributed by atoms with Crippen LogP contribution in [0.4, 0.5) is 5.82 Å². The second kappa shape index (κ2) is 11.4. The number of benzene rings is 2. The molecule has 4 aromatic rings. The average molecular weight is 546 g/mol. The normalized spacial score (nSPS) is 15.4. The minimum atomic E-state index is -0.296. The van der Waals surface area contributed by atoms with Gasteiger partial charge in [-0.15, -0.1) is 0 Å². The molecule has 0 spiro atoms. The van der Waals surface area contributed by atoms with Gasteiger partial charge in [0.1, 0.15) is 40.0 Å². The van der Waals surface area contributed by atoms with Gasteiger partial charge >= 0.3 is 6.01 Å². The van der Waals surface area contributed by atoms with E-state index in [4.69, 9.17) is 26.1 Å². The highest BCUT2D eigenvalue weighted by atomic mass is 35.5. The second-order valence-corrected chi connectivity index (χ2v) is 10.2. The van der Waals surface area contributed by atoms with Crippen LogP contribution in [-0.2, 0) is 13.6 Å². The number of hydrogen-bond donors (Lipinski definition) is 0. The van der Waals surface area contributed by atoms with Gasteiger partial charge in [0.25, 0.3) is 5.56 Å². The molecule has 2 aromatic carbocycles. The van der Waals surface area contributed by atoms with Crippen molar-refractivity contribution in [2.24, 2.45) is 13.0 Å². The summed E-state index contributed by atoms with van der Waals surface area (Å²) in [6.07, 6.45) is 3.23. The smallest absolute Gasteiger partial charge is 0.305 e. The number of piperidine rings is 1. The van der Waals surface area contributed by atoms with E-state index in [0.717, 1.165) is 37.9 Å². The number of ether oxygens (including phenoxy) is 2. The van der Waals surface area contributed by atoms with Crippen molar-refractivity contribution in [2.75, 3.05) is 24.6 Å². The van der Waals surface area contributed by atoms with Crippen LogP contribution >= 0.6 is 11.6 Å². The van der Waals surface area contributed by atoms with Gasteiger partial charge in [0.2, 0.25) is 0 Å². The maximum Gasteiger partial charge on any atom is 0.305 e. The monoisotopic (exact) mass is 545 g/mol. The molecule has 5 rings (SSSR count). The zero-order valence-electron chi connectivity index (χ0n) is 22.5. The maximum atomic E-state index is 13.9. The van der Waals surface area contributed by atoms with E-state index in [1.807, 2.05) is 47.9 Å². The minimum absolute atomic E-state index is 0.101. The van der Waals surface area contributed by atoms with Crippen molar-refractivity contribution in [1.82, 2.24) is 14.1 Å². The van der Waals surface area contributed by atoms with Gasteiger partial charge in [-0.05, 0) is 49.4 Å². The van der Waals surface area contributed by atoms with Crippen LogP contribution in [0.15, 0.2) is 53.3 Å². The van der Waals surface area contributed by atoms with E-state index < -0.39 is 0 Å². The van der Waals surface area contributed by atoms with Crippen molar-refractivity contribution >= 4 is 28.5 Å². The molecular weight excluding hydrogens is 514 g/mol. The molecule has 39 heavy (non-hydrogen) atoms. The Balaban J connectivity index is 1.70. The van der Waals surface area contributed by atoms with E-state index in [2.05, 4.69) is 17.9 Å². The maximum absolute atomic E-state index is 13.9. The molecule has 0 amide bonds. The molecule has 0 unspecified atom stereocenters. The molecule has 8 nitrogen and oxygen atoms in total. The lowest BCUT2D eigenvalue weighted by molar-refractivity contribution is 0.337. The van der Waals surface area contributed by atoms with E-state index in [1.54, 1.807) is 19.2 Å². The number of nitriles is 1. The molecule has 0 aliphatic carbocycles. The van der Waals surface area contributed by atoms with Crippen LogP contribution in [0.1, 0.15) is 44.2 Å². The zero-order chi connectivity index (χ0) is 27.5. The molecule has 1 atom stereocenters. The lowest BCUT2D eigenvalue weighted by atomic mass is 9.95. The first-order valence-electron chi connectivity index (χ1n) is 13.4. The lowest BCUT2D eigenvalue weighted by Crippen LogP contribution is -2.37. The Kier molecular flexibility index (Phi) is 7.80. The van der Waals surface area contributed by atoms with Crippen molar-refractivity contribution < 1.29 is 9.47 Å². The summed E-state index contributed by atoms with van der Waals surface area (Å²) < 4.78 is 15.0. The van der Waals surface area contributed by atoms with Crippen LogP contribution in [0, 0.1) is 17.2 Å². The predicted molar refractivity (Wildman–Crippen MR) is 153 cm³/mol. The molecule has 1 aliphatic rings. The number of hydrogen-bond acceptors (Lipinski definition) is 6. The molecule has 1 fully saturated rings. The molecule has 0 radical (unpaired) electrons. The summed E-state index contributed by atoms with van der Waals surface area (Å²) in [5.74, 6) is 2.37. The fraction of sp³-hybridized carbons (Fsp3) is 0.367. The topological polar surface area (TPSA) is 85.3 Å². The highest BCUT2D eigenvalue weighted by Gasteiger charge is 2.30. The molecule has 0 bridgehead atoms. The highest BCUT2D eigenvalue weighted by molar-refractivity contribution is 6.31. The summed E-state index contributed by atoms with van der Waals surface area (Å²) in [6, 6.07) is 17.2. The second-order valence-electron chi connectivity index (χ2n) is 9.82. The first-order valence-corrected chi connectivity index (χ1v) is 13.7. The van der Waals surface area contributed by atoms with E-state index in [1.165, 1.54) is 4.57 Å². The van der Waals surface area contributed by atoms with Crippen LogP contribution in [0.2, 0.25) is 5.02 Å². The molecule has 3 heterocycles. The number of nitrogens with zero attached hydrogens (tertiary/aromatic N) is 5. The third-order valence-electron chi connectivity index (χ3n) is 7.33. The Hall–Kier alpha value is -3.96. The van der Waals surface area contributed by atoms with Crippen molar-refractivity contribution in [3.05, 3.63) is 75.0 Å². The van der Waals surface area contributed by atoms with E-state index in [9.17, 15) is 10.1 Å². The third-order valence-corrected chi connectivity index (χ3v) is 7.70. The number of aromatic nitrogens is 3. The molecule has 2 aromatic heterocycles. The number of anilines is 1. The standard InChI is InChI=1S/C30H32ClN5O3/c1-4-20-10-9-15-35(18-20)28-24(17-32)26-27(36(28)19-21-11-6-7-14-25(21)31)29(37)34(3)30(33-26)39-23-13-8-12-22(16-23)38-5-2/h6-8,11-14,16,20H,4-5,9-10,15,18-19H2,1-3H3/t20-/m1/s1. The number of halogens is 1. The molecule has 0 N–H and O–H groups in total. The lowest BCUT2D eigenvalue weighted by Gasteiger charge is -2.34. The molecule has 1 aliphatic heterocycles. The van der Waals surface area contributed by atoms with Crippen molar-refractivity contribution in [2.45, 2.75) is 39.7 Å². The van der Waals surface area contributed by atoms with Gasteiger partial charge in [-0.25, -0.2) is 0 Å². The van der Waals surface area contributed by atoms with Crippen LogP contribution in [0.5, 0.6) is 17.5 Å². The minimum Gasteiger partial charge on any atom is -0.494 e. The van der Waals surface area contributed by atoms with Crippen molar-refractivity contribution in [3.8, 4) is 23.6 Å². The molecule has 1 saturated heterocycles. The van der Waals surface area contributed by atoms with Crippen LogP contribution < -0.4 is 19.9 Å². The molecular formula is C30H32ClN5O3. The Morgan fingerprint density at radius 2 is 1.95 bits per heavy atom. The molecule has 0 saturated carbocycles. The summed E-state index contributed by atoms with van der Waals surface area (Å²) in [4.78, 5) is 20.9. The van der Waals surface area contributed by atoms with E-state index >= 15 is 0 Å². The van der Waals surface area contributed by atoms with Gasteiger partial charge < -0.3 is 18.9 Å². The fourth-order valence-corrected chi connectivity index (χ4v) is 5.49. The zero-order valence-corrected chi connectivity index (χ0v) is 23.2. The van der Waals surface area contributed by atoms with E-state index in [-0.39, 0.29) is 11.6 Å². The summed E-state index contributed by atoms with van der Waals surface area (Å²) in [7, 11) is 1.63. The van der Waals surface area contributed by atoms with Gasteiger partial charge in [-0.1, -0.05) is 49.2 Å². The average Bonchev–Trinajstić information content (AvgIpc) is 3.26. The van der Waals surface area contributed by atoms with Gasteiger partial charge in [-0.3, -0.25) is 9.36 Å². The third kappa shape index (κ3) is 5.19. The van der Waals surface area contributed by atoms with Gasteiger partial charge in [-0.2, -0.15) is 10.2 Å². The first kappa shape index (κ1) is 26.6. The van der Waals surface area contributed by atoms with Crippen LogP contribution in [0.3, 0.4) is 0 Å². The highest BCUT2D eigenvalue weighted by Crippen LogP contribution is 2.36. The van der Waals surface area contributed by atoms with Gasteiger partial charge in [0.15, 0.2) is 0 Å².